The van der Waals surface area contributed by atoms with E-state index in [1.54, 1.807) is 13.0 Å². The molecule has 0 aliphatic carbocycles. The van der Waals surface area contributed by atoms with E-state index in [0.29, 0.717) is 16.3 Å². The van der Waals surface area contributed by atoms with Crippen LogP contribution in [-0.2, 0) is 0 Å². The lowest BCUT2D eigenvalue weighted by Gasteiger charge is -2.00. The molecule has 132 valence electrons. The number of fused-ring (bicyclic) bond motifs is 1. The van der Waals surface area contributed by atoms with E-state index in [-0.39, 0.29) is 4.88 Å². The molecule has 0 bridgehead atoms. The van der Waals surface area contributed by atoms with Crippen LogP contribution in [0.4, 0.5) is 0 Å². The lowest BCUT2D eigenvalue weighted by Crippen LogP contribution is -1.94. The maximum Gasteiger partial charge on any atom is 0.347 e. The predicted octanol–water partition coefficient (Wildman–Crippen LogP) is 4.54. The Bertz CT molecular complexity index is 1250. The van der Waals surface area contributed by atoms with Crippen molar-refractivity contribution in [1.29, 1.82) is 5.26 Å². The fourth-order valence-electron chi connectivity index (χ4n) is 3.01. The summed E-state index contributed by atoms with van der Waals surface area (Å²) in [5.41, 5.74) is 4.94. The molecule has 2 N–H and O–H groups in total. The van der Waals surface area contributed by atoms with Crippen LogP contribution in [0.2, 0.25) is 0 Å². The third kappa shape index (κ3) is 2.96. The Labute approximate surface area is 158 Å². The summed E-state index contributed by atoms with van der Waals surface area (Å²) >= 11 is 1.11. The first kappa shape index (κ1) is 16.9. The van der Waals surface area contributed by atoms with E-state index in [1.807, 2.05) is 37.3 Å². The first-order valence-electron chi connectivity index (χ1n) is 8.18. The van der Waals surface area contributed by atoms with Gasteiger partial charge in [0.15, 0.2) is 0 Å². The van der Waals surface area contributed by atoms with Gasteiger partial charge in [0.1, 0.15) is 16.0 Å². The molecule has 1 aromatic carbocycles. The maximum atomic E-state index is 11.3. The molecule has 0 fully saturated rings. The van der Waals surface area contributed by atoms with Gasteiger partial charge < -0.3 is 10.1 Å². The van der Waals surface area contributed by atoms with Crippen LogP contribution >= 0.6 is 11.3 Å². The molecule has 27 heavy (non-hydrogen) atoms. The fourth-order valence-corrected chi connectivity index (χ4v) is 3.90. The zero-order chi connectivity index (χ0) is 19.1. The average molecular weight is 374 g/mol. The Morgan fingerprint density at radius 2 is 2.04 bits per heavy atom. The van der Waals surface area contributed by atoms with E-state index in [2.05, 4.69) is 21.0 Å². The second-order valence-corrected chi connectivity index (χ2v) is 7.18. The minimum Gasteiger partial charge on any atom is -0.477 e. The van der Waals surface area contributed by atoms with E-state index in [4.69, 9.17) is 0 Å². The number of benzene rings is 1. The fraction of sp³-hybridized carbons (Fsp3) is 0.100. The average Bonchev–Trinajstić information content (AvgIpc) is 3.24. The van der Waals surface area contributed by atoms with Crippen molar-refractivity contribution in [1.82, 2.24) is 15.0 Å². The molecule has 0 aliphatic rings. The molecule has 3 heterocycles. The lowest BCUT2D eigenvalue weighted by atomic mass is 10.1. The molecule has 0 radical (unpaired) electrons. The van der Waals surface area contributed by atoms with Crippen LogP contribution in [0.3, 0.4) is 0 Å². The highest BCUT2D eigenvalue weighted by molar-refractivity contribution is 7.17. The van der Waals surface area contributed by atoms with E-state index in [1.165, 1.54) is 0 Å². The number of hydrogen-bond donors (Lipinski definition) is 2. The van der Waals surface area contributed by atoms with Crippen molar-refractivity contribution in [2.45, 2.75) is 13.8 Å². The summed E-state index contributed by atoms with van der Waals surface area (Å²) in [6, 6.07) is 13.6. The number of nitriles is 1. The maximum absolute atomic E-state index is 11.3. The van der Waals surface area contributed by atoms with Gasteiger partial charge >= 0.3 is 5.97 Å². The molecule has 4 aromatic rings. The first-order chi connectivity index (χ1) is 13.0. The number of hydrogen-bond acceptors (Lipinski definition) is 5. The monoisotopic (exact) mass is 374 g/mol. The Morgan fingerprint density at radius 3 is 2.70 bits per heavy atom. The van der Waals surface area contributed by atoms with Gasteiger partial charge in [0, 0.05) is 16.6 Å². The van der Waals surface area contributed by atoms with Crippen LogP contribution in [0.5, 0.6) is 0 Å². The molecule has 6 nitrogen and oxygen atoms in total. The van der Waals surface area contributed by atoms with Gasteiger partial charge in [-0.05, 0) is 44.2 Å². The highest BCUT2D eigenvalue weighted by atomic mass is 32.1. The quantitative estimate of drug-likeness (QED) is 0.548. The number of thiazole rings is 1. The molecule has 0 spiro atoms. The van der Waals surface area contributed by atoms with Crippen LogP contribution < -0.4 is 0 Å². The van der Waals surface area contributed by atoms with Gasteiger partial charge in [-0.3, -0.25) is 4.98 Å². The number of aromatic nitrogens is 3. The summed E-state index contributed by atoms with van der Waals surface area (Å²) in [6.07, 6.45) is 0. The molecule has 0 unspecified atom stereocenters. The van der Waals surface area contributed by atoms with Crippen molar-refractivity contribution >= 4 is 28.2 Å². The summed E-state index contributed by atoms with van der Waals surface area (Å²) in [5.74, 6) is -0.993. The number of nitrogens with one attached hydrogen (secondary N) is 1. The van der Waals surface area contributed by atoms with Crippen LogP contribution in [0.25, 0.3) is 32.9 Å². The number of aromatic amines is 1. The molecule has 7 heteroatoms. The third-order valence-electron chi connectivity index (χ3n) is 4.25. The number of rotatable bonds is 3. The summed E-state index contributed by atoms with van der Waals surface area (Å²) < 4.78 is 0. The minimum absolute atomic E-state index is 0.210. The molecule has 3 aromatic heterocycles. The highest BCUT2D eigenvalue weighted by Crippen LogP contribution is 2.33. The summed E-state index contributed by atoms with van der Waals surface area (Å²) in [6.45, 7) is 3.60. The van der Waals surface area contributed by atoms with Gasteiger partial charge in [0.25, 0.3) is 0 Å². The SMILES string of the molecule is Cc1cccc(-c2cc3cc(-c4nc(C)c(C(=O)O)s4)cc(C#N)c3[nH]2)n1. The molecule has 0 saturated heterocycles. The Morgan fingerprint density at radius 1 is 1.22 bits per heavy atom. The second-order valence-electron chi connectivity index (χ2n) is 6.19. The van der Waals surface area contributed by atoms with Crippen molar-refractivity contribution in [3.63, 3.8) is 0 Å². The number of pyridine rings is 1. The Balaban J connectivity index is 1.89. The third-order valence-corrected chi connectivity index (χ3v) is 5.45. The van der Waals surface area contributed by atoms with E-state index in [0.717, 1.165) is 44.9 Å². The molecular formula is C20H14N4O2S. The number of H-pyrrole nitrogens is 1. The number of carboxylic acid groups (broad SMARTS) is 1. The topological polar surface area (TPSA) is 103 Å². The standard InChI is InChI=1S/C20H14N4O2S/c1-10-4-3-5-15(22-10)16-8-12-6-13(7-14(9-21)17(12)24-16)19-23-11(2)18(27-19)20(25)26/h3-8,24H,1-2H3,(H,25,26). The van der Waals surface area contributed by atoms with Gasteiger partial charge in [-0.2, -0.15) is 5.26 Å². The molecule has 0 saturated carbocycles. The van der Waals surface area contributed by atoms with Crippen molar-refractivity contribution < 1.29 is 9.90 Å². The summed E-state index contributed by atoms with van der Waals surface area (Å²) in [4.78, 5) is 23.7. The smallest absolute Gasteiger partial charge is 0.347 e. The first-order valence-corrected chi connectivity index (χ1v) is 9.00. The van der Waals surface area contributed by atoms with Gasteiger partial charge in [0.2, 0.25) is 0 Å². The van der Waals surface area contributed by atoms with Crippen LogP contribution in [0.1, 0.15) is 26.6 Å². The van der Waals surface area contributed by atoms with E-state index < -0.39 is 5.97 Å². The van der Waals surface area contributed by atoms with E-state index in [9.17, 15) is 15.2 Å². The van der Waals surface area contributed by atoms with Gasteiger partial charge in [-0.1, -0.05) is 6.07 Å². The zero-order valence-corrected chi connectivity index (χ0v) is 15.4. The largest absolute Gasteiger partial charge is 0.477 e. The van der Waals surface area contributed by atoms with Crippen LogP contribution in [0, 0.1) is 25.2 Å². The Kier molecular flexibility index (Phi) is 3.98. The van der Waals surface area contributed by atoms with Gasteiger partial charge in [-0.15, -0.1) is 11.3 Å². The zero-order valence-electron chi connectivity index (χ0n) is 14.6. The lowest BCUT2D eigenvalue weighted by molar-refractivity contribution is 0.0701. The van der Waals surface area contributed by atoms with Gasteiger partial charge in [0.05, 0.1) is 28.2 Å². The predicted molar refractivity (Wildman–Crippen MR) is 104 cm³/mol. The minimum atomic E-state index is -0.993. The number of aryl methyl sites for hydroxylation is 2. The number of carboxylic acids is 1. The molecule has 0 aliphatic heterocycles. The summed E-state index contributed by atoms with van der Waals surface area (Å²) in [7, 11) is 0. The molecule has 0 atom stereocenters. The number of carbonyl (C=O) groups is 1. The van der Waals surface area contributed by atoms with Gasteiger partial charge in [-0.25, -0.2) is 9.78 Å². The molecule has 4 rings (SSSR count). The van der Waals surface area contributed by atoms with Crippen LogP contribution in [0.15, 0.2) is 36.4 Å². The second kappa shape index (κ2) is 6.34. The Hall–Kier alpha value is -3.50. The summed E-state index contributed by atoms with van der Waals surface area (Å²) in [5, 5.41) is 20.3. The van der Waals surface area contributed by atoms with Crippen LogP contribution in [-0.4, -0.2) is 26.0 Å². The highest BCUT2D eigenvalue weighted by Gasteiger charge is 2.17. The van der Waals surface area contributed by atoms with Crippen molar-refractivity contribution in [3.05, 3.63) is 58.2 Å². The molecule has 0 amide bonds. The van der Waals surface area contributed by atoms with Crippen molar-refractivity contribution in [2.75, 3.05) is 0 Å². The van der Waals surface area contributed by atoms with E-state index >= 15 is 0 Å². The van der Waals surface area contributed by atoms with Crippen molar-refractivity contribution in [3.8, 4) is 28.0 Å². The number of aromatic carboxylic acids is 1. The normalized spacial score (nSPS) is 10.9. The van der Waals surface area contributed by atoms with Crippen molar-refractivity contribution in [2.24, 2.45) is 0 Å². The number of nitrogens with zero attached hydrogens (tertiary/aromatic N) is 3. The molecular weight excluding hydrogens is 360 g/mol.